The van der Waals surface area contributed by atoms with Crippen molar-refractivity contribution in [1.82, 2.24) is 10.2 Å². The molecule has 4 aromatic carbocycles. The van der Waals surface area contributed by atoms with Gasteiger partial charge in [0.15, 0.2) is 0 Å². The highest BCUT2D eigenvalue weighted by Crippen LogP contribution is 2.38. The van der Waals surface area contributed by atoms with Gasteiger partial charge in [0.2, 0.25) is 0 Å². The smallest absolute Gasteiger partial charge is 0.410 e. The van der Waals surface area contributed by atoms with E-state index in [2.05, 4.69) is 58.7 Å². The zero-order valence-electron chi connectivity index (χ0n) is 23.2. The van der Waals surface area contributed by atoms with E-state index in [1.165, 1.54) is 0 Å². The molecule has 1 aliphatic rings. The average Bonchev–Trinajstić information content (AvgIpc) is 3.01. The van der Waals surface area contributed by atoms with Crippen molar-refractivity contribution in [3.05, 3.63) is 137 Å². The van der Waals surface area contributed by atoms with Gasteiger partial charge in [-0.25, -0.2) is 4.79 Å². The monoisotopic (exact) mass is 568 g/mol. The topological polar surface area (TPSA) is 61.8 Å². The summed E-state index contributed by atoms with van der Waals surface area (Å²) in [7, 11) is 0. The summed E-state index contributed by atoms with van der Waals surface area (Å²) in [5, 5.41) is 15.1. The van der Waals surface area contributed by atoms with Gasteiger partial charge in [-0.1, -0.05) is 103 Å². The summed E-state index contributed by atoms with van der Waals surface area (Å²) in [5.74, 6) is 0.513. The lowest BCUT2D eigenvalue weighted by molar-refractivity contribution is -0.0262. The number of para-hydroxylation sites is 1. The summed E-state index contributed by atoms with van der Waals surface area (Å²) in [6.45, 7) is 2.96. The van der Waals surface area contributed by atoms with E-state index in [-0.39, 0.29) is 0 Å². The van der Waals surface area contributed by atoms with E-state index < -0.39 is 17.1 Å². The predicted molar refractivity (Wildman–Crippen MR) is 164 cm³/mol. The number of nitrogens with zero attached hydrogens (tertiary/aromatic N) is 1. The fourth-order valence-corrected chi connectivity index (χ4v) is 6.04. The number of hydrogen-bond acceptors (Lipinski definition) is 4. The third kappa shape index (κ3) is 7.17. The summed E-state index contributed by atoms with van der Waals surface area (Å²) in [6, 6.07) is 37.5. The molecule has 0 aromatic heterocycles. The molecule has 2 N–H and O–H groups in total. The van der Waals surface area contributed by atoms with Gasteiger partial charge in [-0.2, -0.15) is 0 Å². The maximum Gasteiger partial charge on any atom is 0.412 e. The molecule has 1 amide bonds. The van der Waals surface area contributed by atoms with Gasteiger partial charge in [0.1, 0.15) is 5.75 Å². The number of ether oxygens (including phenoxy) is 1. The molecule has 0 radical (unpaired) electrons. The van der Waals surface area contributed by atoms with Crippen molar-refractivity contribution in [1.29, 1.82) is 0 Å². The highest BCUT2D eigenvalue weighted by atomic mass is 35.5. The maximum atomic E-state index is 12.9. The Morgan fingerprint density at radius 1 is 0.829 bits per heavy atom. The molecule has 212 valence electrons. The number of halogens is 1. The molecule has 5 rings (SSSR count). The number of carbonyl (C=O) groups is 1. The Balaban J connectivity index is 1.29. The average molecular weight is 569 g/mol. The van der Waals surface area contributed by atoms with Crippen molar-refractivity contribution in [2.24, 2.45) is 0 Å². The van der Waals surface area contributed by atoms with Crippen molar-refractivity contribution in [3.8, 4) is 5.75 Å². The second-order valence-corrected chi connectivity index (χ2v) is 11.3. The summed E-state index contributed by atoms with van der Waals surface area (Å²) in [4.78, 5) is 15.3. The van der Waals surface area contributed by atoms with Crippen LogP contribution in [0.15, 0.2) is 115 Å². The molecule has 0 aliphatic carbocycles. The number of aliphatic hydroxyl groups is 1. The molecule has 1 fully saturated rings. The first-order valence-corrected chi connectivity index (χ1v) is 14.7. The van der Waals surface area contributed by atoms with Gasteiger partial charge in [0.05, 0.1) is 5.60 Å². The van der Waals surface area contributed by atoms with Crippen LogP contribution in [0.1, 0.15) is 42.4 Å². The van der Waals surface area contributed by atoms with Crippen LogP contribution in [0.4, 0.5) is 4.79 Å². The van der Waals surface area contributed by atoms with Crippen molar-refractivity contribution in [3.63, 3.8) is 0 Å². The van der Waals surface area contributed by atoms with Crippen LogP contribution in [-0.2, 0) is 11.0 Å². The largest absolute Gasteiger partial charge is 0.412 e. The number of likely N-dealkylation sites (tertiary alicyclic amines) is 1. The predicted octanol–water partition coefficient (Wildman–Crippen LogP) is 7.18. The van der Waals surface area contributed by atoms with E-state index in [1.807, 2.05) is 54.6 Å². The number of amides is 1. The van der Waals surface area contributed by atoms with Crippen molar-refractivity contribution >= 4 is 17.7 Å². The highest BCUT2D eigenvalue weighted by molar-refractivity contribution is 6.30. The van der Waals surface area contributed by atoms with Crippen LogP contribution < -0.4 is 10.1 Å². The molecule has 5 nitrogen and oxygen atoms in total. The standard InChI is InChI=1S/C35H37ClN2O3/c36-31-19-17-30(18-20-31)35(40)22-25-38(26-23-35)24-10-21-34(28-11-4-1-5-12-28,29-13-6-2-7-14-29)27-37-33(39)41-32-15-8-3-9-16-32/h1-9,11-20,40H,10,21-27H2,(H,37,39). The van der Waals surface area contributed by atoms with Crippen molar-refractivity contribution < 1.29 is 14.6 Å². The molecule has 0 atom stereocenters. The van der Waals surface area contributed by atoms with E-state index in [0.29, 0.717) is 30.2 Å². The Morgan fingerprint density at radius 2 is 1.37 bits per heavy atom. The maximum absolute atomic E-state index is 12.9. The number of nitrogens with one attached hydrogen (secondary N) is 1. The van der Waals surface area contributed by atoms with Crippen LogP contribution in [0.5, 0.6) is 5.75 Å². The van der Waals surface area contributed by atoms with Gasteiger partial charge in [0, 0.05) is 30.1 Å². The lowest BCUT2D eigenvalue weighted by Gasteiger charge is -2.40. The van der Waals surface area contributed by atoms with Crippen LogP contribution in [0.2, 0.25) is 5.02 Å². The normalized spacial score (nSPS) is 15.3. The van der Waals surface area contributed by atoms with Gasteiger partial charge in [-0.3, -0.25) is 0 Å². The molecule has 0 saturated carbocycles. The summed E-state index contributed by atoms with van der Waals surface area (Å²) >= 11 is 6.06. The molecule has 6 heteroatoms. The summed E-state index contributed by atoms with van der Waals surface area (Å²) < 4.78 is 5.55. The molecule has 0 spiro atoms. The van der Waals surface area contributed by atoms with Gasteiger partial charge >= 0.3 is 6.09 Å². The third-order valence-electron chi connectivity index (χ3n) is 8.28. The second-order valence-electron chi connectivity index (χ2n) is 10.9. The number of hydrogen-bond donors (Lipinski definition) is 2. The molecule has 1 aliphatic heterocycles. The van der Waals surface area contributed by atoms with Gasteiger partial charge in [-0.15, -0.1) is 0 Å². The highest BCUT2D eigenvalue weighted by Gasteiger charge is 2.36. The molecular formula is C35H37ClN2O3. The van der Waals surface area contributed by atoms with Crippen LogP contribution in [0, 0.1) is 0 Å². The Kier molecular flexibility index (Phi) is 9.40. The molecule has 0 unspecified atom stereocenters. The van der Waals surface area contributed by atoms with E-state index in [0.717, 1.165) is 49.2 Å². The number of piperidine rings is 1. The zero-order chi connectivity index (χ0) is 28.5. The second kappa shape index (κ2) is 13.3. The lowest BCUT2D eigenvalue weighted by atomic mass is 9.71. The van der Waals surface area contributed by atoms with Crippen LogP contribution in [0.3, 0.4) is 0 Å². The Hall–Kier alpha value is -3.64. The summed E-state index contributed by atoms with van der Waals surface area (Å²) in [5.41, 5.74) is 1.99. The molecular weight excluding hydrogens is 532 g/mol. The minimum absolute atomic E-state index is 0.406. The molecule has 41 heavy (non-hydrogen) atoms. The van der Waals surface area contributed by atoms with Crippen LogP contribution in [-0.4, -0.2) is 42.3 Å². The number of benzene rings is 4. The van der Waals surface area contributed by atoms with Gasteiger partial charge in [0.25, 0.3) is 0 Å². The first-order valence-electron chi connectivity index (χ1n) is 14.3. The zero-order valence-corrected chi connectivity index (χ0v) is 24.0. The van der Waals surface area contributed by atoms with Crippen LogP contribution in [0.25, 0.3) is 0 Å². The first-order chi connectivity index (χ1) is 20.0. The fourth-order valence-electron chi connectivity index (χ4n) is 5.92. The SMILES string of the molecule is O=C(NCC(CCCN1CCC(O)(c2ccc(Cl)cc2)CC1)(c1ccccc1)c1ccccc1)Oc1ccccc1. The molecule has 1 heterocycles. The number of rotatable bonds is 10. The van der Waals surface area contributed by atoms with Gasteiger partial charge in [-0.05, 0) is 73.2 Å². The Bertz CT molecular complexity index is 1330. The van der Waals surface area contributed by atoms with E-state index >= 15 is 0 Å². The molecule has 4 aromatic rings. The minimum atomic E-state index is -0.818. The molecule has 0 bridgehead atoms. The van der Waals surface area contributed by atoms with E-state index in [4.69, 9.17) is 16.3 Å². The van der Waals surface area contributed by atoms with E-state index in [1.54, 1.807) is 12.1 Å². The van der Waals surface area contributed by atoms with E-state index in [9.17, 15) is 9.90 Å². The Morgan fingerprint density at radius 3 is 1.93 bits per heavy atom. The number of carbonyl (C=O) groups excluding carboxylic acids is 1. The molecule has 1 saturated heterocycles. The lowest BCUT2D eigenvalue weighted by Crippen LogP contribution is -2.45. The third-order valence-corrected chi connectivity index (χ3v) is 8.54. The van der Waals surface area contributed by atoms with Crippen molar-refractivity contribution in [2.75, 3.05) is 26.2 Å². The first kappa shape index (κ1) is 28.9. The Labute approximate surface area is 247 Å². The van der Waals surface area contributed by atoms with Crippen molar-refractivity contribution in [2.45, 2.75) is 36.7 Å². The summed E-state index contributed by atoms with van der Waals surface area (Å²) in [6.07, 6.45) is 2.67. The minimum Gasteiger partial charge on any atom is -0.410 e. The fraction of sp³-hybridized carbons (Fsp3) is 0.286. The quantitative estimate of drug-likeness (QED) is 0.213. The van der Waals surface area contributed by atoms with Gasteiger partial charge < -0.3 is 20.1 Å². The van der Waals surface area contributed by atoms with Crippen LogP contribution >= 0.6 is 11.6 Å².